The molecule has 0 bridgehead atoms. The standard InChI is InChI=1S/C12H16N2O3S/c1-8-10(18-7-13-8)4-5-11(15)14-6-2-3-9(14)12(16)17/h7,9H,2-6H2,1H3,(H,16,17). The Morgan fingerprint density at radius 2 is 2.39 bits per heavy atom. The molecule has 6 heteroatoms. The number of aliphatic carboxylic acids is 1. The van der Waals surface area contributed by atoms with Gasteiger partial charge >= 0.3 is 5.97 Å². The van der Waals surface area contributed by atoms with E-state index < -0.39 is 12.0 Å². The fourth-order valence-corrected chi connectivity index (χ4v) is 3.03. The topological polar surface area (TPSA) is 70.5 Å². The molecule has 0 aliphatic carbocycles. The fraction of sp³-hybridized carbons (Fsp3) is 0.583. The fourth-order valence-electron chi connectivity index (χ4n) is 2.25. The Bertz CT molecular complexity index is 458. The van der Waals surface area contributed by atoms with Gasteiger partial charge in [0.25, 0.3) is 0 Å². The third kappa shape index (κ3) is 2.69. The van der Waals surface area contributed by atoms with Crippen molar-refractivity contribution in [1.82, 2.24) is 9.88 Å². The van der Waals surface area contributed by atoms with Crippen LogP contribution in [0.4, 0.5) is 0 Å². The van der Waals surface area contributed by atoms with Gasteiger partial charge in [-0.05, 0) is 26.2 Å². The van der Waals surface area contributed by atoms with Crippen LogP contribution in [0.25, 0.3) is 0 Å². The lowest BCUT2D eigenvalue weighted by Crippen LogP contribution is -2.40. The van der Waals surface area contributed by atoms with E-state index in [1.54, 1.807) is 16.8 Å². The van der Waals surface area contributed by atoms with Crippen LogP contribution < -0.4 is 0 Å². The van der Waals surface area contributed by atoms with Gasteiger partial charge in [0.15, 0.2) is 0 Å². The van der Waals surface area contributed by atoms with Crippen molar-refractivity contribution < 1.29 is 14.7 Å². The summed E-state index contributed by atoms with van der Waals surface area (Å²) in [6.07, 6.45) is 2.37. The Morgan fingerprint density at radius 3 is 3.00 bits per heavy atom. The Hall–Kier alpha value is -1.43. The summed E-state index contributed by atoms with van der Waals surface area (Å²) in [5.74, 6) is -0.956. The largest absolute Gasteiger partial charge is 0.480 e. The lowest BCUT2D eigenvalue weighted by atomic mass is 10.2. The van der Waals surface area contributed by atoms with Gasteiger partial charge in [-0.2, -0.15) is 0 Å². The molecule has 1 aromatic heterocycles. The minimum absolute atomic E-state index is 0.0623. The van der Waals surface area contributed by atoms with Crippen molar-refractivity contribution in [2.45, 2.75) is 38.6 Å². The number of rotatable bonds is 4. The average Bonchev–Trinajstić information content (AvgIpc) is 2.94. The maximum absolute atomic E-state index is 12.0. The molecular weight excluding hydrogens is 252 g/mol. The highest BCUT2D eigenvalue weighted by Crippen LogP contribution is 2.20. The first-order valence-electron chi connectivity index (χ1n) is 6.01. The number of likely N-dealkylation sites (tertiary alicyclic amines) is 1. The molecule has 5 nitrogen and oxygen atoms in total. The van der Waals surface area contributed by atoms with Gasteiger partial charge in [0, 0.05) is 17.8 Å². The number of carboxylic acid groups (broad SMARTS) is 1. The van der Waals surface area contributed by atoms with Crippen LogP contribution in [0.2, 0.25) is 0 Å². The minimum atomic E-state index is -0.894. The van der Waals surface area contributed by atoms with Crippen LogP contribution in [0.3, 0.4) is 0 Å². The van der Waals surface area contributed by atoms with Crippen molar-refractivity contribution in [1.29, 1.82) is 0 Å². The lowest BCUT2D eigenvalue weighted by molar-refractivity contribution is -0.148. The van der Waals surface area contributed by atoms with Crippen molar-refractivity contribution in [3.05, 3.63) is 16.1 Å². The Labute approximate surface area is 109 Å². The van der Waals surface area contributed by atoms with E-state index in [1.807, 2.05) is 6.92 Å². The van der Waals surface area contributed by atoms with E-state index >= 15 is 0 Å². The molecule has 1 N–H and O–H groups in total. The molecule has 1 atom stereocenters. The first-order valence-corrected chi connectivity index (χ1v) is 6.89. The van der Waals surface area contributed by atoms with Gasteiger partial charge in [0.1, 0.15) is 6.04 Å². The second kappa shape index (κ2) is 5.48. The molecule has 1 aromatic rings. The van der Waals surface area contributed by atoms with Gasteiger partial charge in [-0.25, -0.2) is 9.78 Å². The van der Waals surface area contributed by atoms with E-state index in [4.69, 9.17) is 5.11 Å². The number of nitrogens with zero attached hydrogens (tertiary/aromatic N) is 2. The van der Waals surface area contributed by atoms with E-state index in [0.717, 1.165) is 17.0 Å². The summed E-state index contributed by atoms with van der Waals surface area (Å²) in [6, 6.07) is -0.625. The highest BCUT2D eigenvalue weighted by Gasteiger charge is 2.33. The summed E-state index contributed by atoms with van der Waals surface area (Å²) < 4.78 is 0. The minimum Gasteiger partial charge on any atom is -0.480 e. The number of amides is 1. The van der Waals surface area contributed by atoms with Crippen molar-refractivity contribution in [2.24, 2.45) is 0 Å². The first-order chi connectivity index (χ1) is 8.59. The van der Waals surface area contributed by atoms with Gasteiger partial charge in [0.2, 0.25) is 5.91 Å². The molecule has 2 rings (SSSR count). The second-order valence-electron chi connectivity index (χ2n) is 4.44. The molecule has 1 fully saturated rings. The predicted octanol–water partition coefficient (Wildman–Crippen LogP) is 1.46. The summed E-state index contributed by atoms with van der Waals surface area (Å²) in [4.78, 5) is 29.8. The number of carbonyl (C=O) groups excluding carboxylic acids is 1. The summed E-state index contributed by atoms with van der Waals surface area (Å²) >= 11 is 1.54. The van der Waals surface area contributed by atoms with Crippen molar-refractivity contribution in [2.75, 3.05) is 6.54 Å². The third-order valence-electron chi connectivity index (χ3n) is 3.27. The van der Waals surface area contributed by atoms with E-state index in [1.165, 1.54) is 4.90 Å². The normalized spacial score (nSPS) is 19.2. The molecule has 1 aliphatic heterocycles. The Kier molecular flexibility index (Phi) is 3.96. The van der Waals surface area contributed by atoms with Gasteiger partial charge in [-0.15, -0.1) is 11.3 Å². The average molecular weight is 268 g/mol. The quantitative estimate of drug-likeness (QED) is 0.897. The first kappa shape index (κ1) is 13.0. The molecule has 1 saturated heterocycles. The Balaban J connectivity index is 1.92. The molecular formula is C12H16N2O3S. The van der Waals surface area contributed by atoms with Crippen LogP contribution >= 0.6 is 11.3 Å². The molecule has 1 amide bonds. The maximum atomic E-state index is 12.0. The zero-order valence-electron chi connectivity index (χ0n) is 10.3. The summed E-state index contributed by atoms with van der Waals surface area (Å²) in [7, 11) is 0. The van der Waals surface area contributed by atoms with Crippen molar-refractivity contribution in [3.8, 4) is 0 Å². The van der Waals surface area contributed by atoms with Crippen LogP contribution in [0.5, 0.6) is 0 Å². The zero-order valence-corrected chi connectivity index (χ0v) is 11.1. The van der Waals surface area contributed by atoms with Crippen LogP contribution in [0.1, 0.15) is 29.8 Å². The van der Waals surface area contributed by atoms with E-state index in [-0.39, 0.29) is 5.91 Å². The molecule has 1 aliphatic rings. The third-order valence-corrected chi connectivity index (χ3v) is 4.26. The second-order valence-corrected chi connectivity index (χ2v) is 5.38. The van der Waals surface area contributed by atoms with E-state index in [2.05, 4.69) is 4.98 Å². The predicted molar refractivity (Wildman–Crippen MR) is 67.5 cm³/mol. The molecule has 0 saturated carbocycles. The molecule has 0 radical (unpaired) electrons. The highest BCUT2D eigenvalue weighted by atomic mass is 32.1. The van der Waals surface area contributed by atoms with Crippen molar-refractivity contribution >= 4 is 23.2 Å². The van der Waals surface area contributed by atoms with Crippen LogP contribution in [-0.2, 0) is 16.0 Å². The molecule has 2 heterocycles. The molecule has 1 unspecified atom stereocenters. The maximum Gasteiger partial charge on any atom is 0.326 e. The summed E-state index contributed by atoms with van der Waals surface area (Å²) in [5.41, 5.74) is 2.73. The van der Waals surface area contributed by atoms with Gasteiger partial charge in [-0.3, -0.25) is 4.79 Å². The van der Waals surface area contributed by atoms with Gasteiger partial charge < -0.3 is 10.0 Å². The zero-order chi connectivity index (χ0) is 13.1. The van der Waals surface area contributed by atoms with Crippen LogP contribution in [0.15, 0.2) is 5.51 Å². The number of aryl methyl sites for hydroxylation is 2. The summed E-state index contributed by atoms with van der Waals surface area (Å²) in [6.45, 7) is 2.49. The molecule has 0 aromatic carbocycles. The molecule has 18 heavy (non-hydrogen) atoms. The SMILES string of the molecule is Cc1ncsc1CCC(=O)N1CCCC1C(=O)O. The van der Waals surface area contributed by atoms with Crippen LogP contribution in [0, 0.1) is 6.92 Å². The highest BCUT2D eigenvalue weighted by molar-refractivity contribution is 7.09. The molecule has 0 spiro atoms. The number of hydrogen-bond donors (Lipinski definition) is 1. The number of aromatic nitrogens is 1. The monoisotopic (exact) mass is 268 g/mol. The number of thiazole rings is 1. The van der Waals surface area contributed by atoms with Gasteiger partial charge in [-0.1, -0.05) is 0 Å². The van der Waals surface area contributed by atoms with Crippen LogP contribution in [-0.4, -0.2) is 39.5 Å². The lowest BCUT2D eigenvalue weighted by Gasteiger charge is -2.21. The summed E-state index contributed by atoms with van der Waals surface area (Å²) in [5, 5.41) is 9.03. The number of carboxylic acids is 1. The van der Waals surface area contributed by atoms with Gasteiger partial charge in [0.05, 0.1) is 11.2 Å². The van der Waals surface area contributed by atoms with E-state index in [9.17, 15) is 9.59 Å². The smallest absolute Gasteiger partial charge is 0.326 e. The number of hydrogen-bond acceptors (Lipinski definition) is 4. The number of carbonyl (C=O) groups is 2. The van der Waals surface area contributed by atoms with E-state index in [0.29, 0.717) is 25.8 Å². The van der Waals surface area contributed by atoms with Crippen molar-refractivity contribution in [3.63, 3.8) is 0 Å². The Morgan fingerprint density at radius 1 is 1.61 bits per heavy atom. The molecule has 98 valence electrons.